The van der Waals surface area contributed by atoms with Crippen molar-refractivity contribution in [1.29, 1.82) is 0 Å². The molecule has 3 aromatic carbocycles. The average molecular weight is 396 g/mol. The molecule has 1 aliphatic carbocycles. The largest absolute Gasteiger partial charge is 0.457 e. The van der Waals surface area contributed by atoms with Crippen LogP contribution in [0.2, 0.25) is 0 Å². The summed E-state index contributed by atoms with van der Waals surface area (Å²) < 4.78 is 5.98. The molecule has 1 saturated heterocycles. The number of Topliss-reactive ketones (excluding diaryl/α,β-unsaturated/α-hetero) is 1. The highest BCUT2D eigenvalue weighted by atomic mass is 16.6. The molecule has 3 aromatic rings. The second-order valence-electron chi connectivity index (χ2n) is 8.19. The minimum absolute atomic E-state index is 0.0463. The molecular weight excluding hydrogens is 372 g/mol. The van der Waals surface area contributed by atoms with E-state index in [1.54, 1.807) is 0 Å². The van der Waals surface area contributed by atoms with E-state index in [0.29, 0.717) is 12.0 Å². The zero-order valence-corrected chi connectivity index (χ0v) is 17.0. The Morgan fingerprint density at radius 2 is 1.43 bits per heavy atom. The van der Waals surface area contributed by atoms with Crippen molar-refractivity contribution in [3.8, 4) is 0 Å². The third kappa shape index (κ3) is 2.97. The van der Waals surface area contributed by atoms with Crippen LogP contribution in [0.4, 0.5) is 0 Å². The van der Waals surface area contributed by atoms with Crippen LogP contribution in [0.1, 0.15) is 63.9 Å². The van der Waals surface area contributed by atoms with Gasteiger partial charge in [0.2, 0.25) is 0 Å². The van der Waals surface area contributed by atoms with Gasteiger partial charge >= 0.3 is 5.97 Å². The van der Waals surface area contributed by atoms with Crippen molar-refractivity contribution in [2.75, 3.05) is 0 Å². The molecule has 1 fully saturated rings. The van der Waals surface area contributed by atoms with Gasteiger partial charge in [-0.05, 0) is 28.7 Å². The summed E-state index contributed by atoms with van der Waals surface area (Å²) in [4.78, 5) is 26.1. The van der Waals surface area contributed by atoms with Crippen LogP contribution < -0.4 is 0 Å². The van der Waals surface area contributed by atoms with Gasteiger partial charge in [0, 0.05) is 23.8 Å². The van der Waals surface area contributed by atoms with Crippen molar-refractivity contribution in [2.45, 2.75) is 37.7 Å². The SMILES string of the molecule is CCc1ccccc1[C@H]1OC(=O)[C@@H]2[C@H]1c1ccccc1[C@@H]2CC(=O)c1ccccc1. The number of hydrogen-bond donors (Lipinski definition) is 0. The number of carbonyl (C=O) groups is 2. The van der Waals surface area contributed by atoms with Gasteiger partial charge in [-0.1, -0.05) is 85.8 Å². The van der Waals surface area contributed by atoms with Crippen LogP contribution in [0.25, 0.3) is 0 Å². The molecule has 0 spiro atoms. The maximum absolute atomic E-state index is 13.1. The maximum atomic E-state index is 13.1. The molecule has 0 bridgehead atoms. The van der Waals surface area contributed by atoms with E-state index in [4.69, 9.17) is 4.74 Å². The fraction of sp³-hybridized carbons (Fsp3) is 0.259. The van der Waals surface area contributed by atoms with E-state index < -0.39 is 0 Å². The number of ketones is 1. The molecule has 30 heavy (non-hydrogen) atoms. The highest BCUT2D eigenvalue weighted by molar-refractivity contribution is 5.97. The number of benzene rings is 3. The van der Waals surface area contributed by atoms with Crippen molar-refractivity contribution in [3.63, 3.8) is 0 Å². The Morgan fingerprint density at radius 1 is 0.800 bits per heavy atom. The fourth-order valence-corrected chi connectivity index (χ4v) is 5.30. The van der Waals surface area contributed by atoms with Crippen LogP contribution in [0.15, 0.2) is 78.9 Å². The number of ether oxygens (including phenoxy) is 1. The summed E-state index contributed by atoms with van der Waals surface area (Å²) in [5.41, 5.74) is 5.25. The summed E-state index contributed by atoms with van der Waals surface area (Å²) in [5.74, 6) is -0.621. The normalized spacial score (nSPS) is 24.2. The van der Waals surface area contributed by atoms with E-state index >= 15 is 0 Å². The first-order chi connectivity index (χ1) is 14.7. The van der Waals surface area contributed by atoms with Crippen molar-refractivity contribution in [3.05, 3.63) is 107 Å². The lowest BCUT2D eigenvalue weighted by molar-refractivity contribution is -0.145. The summed E-state index contributed by atoms with van der Waals surface area (Å²) in [7, 11) is 0. The molecule has 3 nitrogen and oxygen atoms in total. The molecule has 0 saturated carbocycles. The highest BCUT2D eigenvalue weighted by Crippen LogP contribution is 2.59. The van der Waals surface area contributed by atoms with Gasteiger partial charge in [0.25, 0.3) is 0 Å². The Kier molecular flexibility index (Phi) is 4.74. The van der Waals surface area contributed by atoms with Crippen LogP contribution in [0, 0.1) is 5.92 Å². The Morgan fingerprint density at radius 3 is 2.17 bits per heavy atom. The number of carbonyl (C=O) groups excluding carboxylic acids is 2. The van der Waals surface area contributed by atoms with Crippen molar-refractivity contribution in [1.82, 2.24) is 0 Å². The second-order valence-corrected chi connectivity index (χ2v) is 8.19. The van der Waals surface area contributed by atoms with Gasteiger partial charge in [-0.25, -0.2) is 0 Å². The number of fused-ring (bicyclic) bond motifs is 3. The highest BCUT2D eigenvalue weighted by Gasteiger charge is 2.55. The molecular formula is C27H24O3. The van der Waals surface area contributed by atoms with Crippen LogP contribution in [0.3, 0.4) is 0 Å². The van der Waals surface area contributed by atoms with Crippen LogP contribution in [0.5, 0.6) is 0 Å². The monoisotopic (exact) mass is 396 g/mol. The van der Waals surface area contributed by atoms with E-state index in [2.05, 4.69) is 31.2 Å². The van der Waals surface area contributed by atoms with Gasteiger partial charge in [-0.2, -0.15) is 0 Å². The predicted octanol–water partition coefficient (Wildman–Crippen LogP) is 5.62. The van der Waals surface area contributed by atoms with E-state index in [1.165, 1.54) is 5.56 Å². The quantitative estimate of drug-likeness (QED) is 0.415. The molecule has 0 N–H and O–H groups in total. The molecule has 150 valence electrons. The number of cyclic esters (lactones) is 1. The predicted molar refractivity (Wildman–Crippen MR) is 115 cm³/mol. The Balaban J connectivity index is 1.55. The first kappa shape index (κ1) is 18.8. The number of aryl methyl sites for hydroxylation is 1. The zero-order chi connectivity index (χ0) is 20.7. The number of esters is 1. The van der Waals surface area contributed by atoms with Gasteiger partial charge in [0.05, 0.1) is 5.92 Å². The minimum atomic E-state index is -0.315. The summed E-state index contributed by atoms with van der Waals surface area (Å²) in [6.07, 6.45) is 0.912. The topological polar surface area (TPSA) is 43.4 Å². The molecule has 4 atom stereocenters. The molecule has 5 rings (SSSR count). The van der Waals surface area contributed by atoms with Gasteiger partial charge in [0.1, 0.15) is 6.10 Å². The average Bonchev–Trinajstić information content (AvgIpc) is 3.30. The Labute approximate surface area is 176 Å². The third-order valence-corrected chi connectivity index (χ3v) is 6.66. The van der Waals surface area contributed by atoms with Crippen molar-refractivity contribution >= 4 is 11.8 Å². The molecule has 0 amide bonds. The molecule has 2 aliphatic rings. The van der Waals surface area contributed by atoms with E-state index in [-0.39, 0.29) is 35.6 Å². The van der Waals surface area contributed by atoms with Gasteiger partial charge in [-0.15, -0.1) is 0 Å². The molecule has 1 heterocycles. The van der Waals surface area contributed by atoms with Crippen molar-refractivity contribution in [2.24, 2.45) is 5.92 Å². The molecule has 3 heteroatoms. The molecule has 1 aliphatic heterocycles. The van der Waals surface area contributed by atoms with E-state index in [0.717, 1.165) is 23.1 Å². The summed E-state index contributed by atoms with van der Waals surface area (Å²) in [6.45, 7) is 2.12. The van der Waals surface area contributed by atoms with Crippen LogP contribution in [-0.2, 0) is 16.0 Å². The summed E-state index contributed by atoms with van der Waals surface area (Å²) in [6, 6.07) is 25.7. The lowest BCUT2D eigenvalue weighted by atomic mass is 9.81. The standard InChI is InChI=1S/C27H24O3/c1-2-17-10-6-7-13-19(17)26-24-21-15-9-8-14-20(21)22(25(24)27(29)30-26)16-23(28)18-11-4-3-5-12-18/h3-15,22,24-26H,2,16H2,1H3/t22-,24+,25-,26+/m0/s1. The van der Waals surface area contributed by atoms with E-state index in [1.807, 2.05) is 54.6 Å². The summed E-state index contributed by atoms with van der Waals surface area (Å²) in [5, 5.41) is 0. The molecule has 0 aromatic heterocycles. The molecule has 0 radical (unpaired) electrons. The van der Waals surface area contributed by atoms with Crippen molar-refractivity contribution < 1.29 is 14.3 Å². The van der Waals surface area contributed by atoms with Gasteiger partial charge < -0.3 is 4.74 Å². The third-order valence-electron chi connectivity index (χ3n) is 6.66. The number of hydrogen-bond acceptors (Lipinski definition) is 3. The van der Waals surface area contributed by atoms with Crippen LogP contribution in [-0.4, -0.2) is 11.8 Å². The lowest BCUT2D eigenvalue weighted by Crippen LogP contribution is -2.19. The maximum Gasteiger partial charge on any atom is 0.310 e. The number of rotatable bonds is 5. The lowest BCUT2D eigenvalue weighted by Gasteiger charge is -2.20. The van der Waals surface area contributed by atoms with Crippen LogP contribution >= 0.6 is 0 Å². The summed E-state index contributed by atoms with van der Waals surface area (Å²) >= 11 is 0. The Bertz CT molecular complexity index is 1100. The van der Waals surface area contributed by atoms with E-state index in [9.17, 15) is 9.59 Å². The minimum Gasteiger partial charge on any atom is -0.457 e. The Hall–Kier alpha value is -3.20. The first-order valence-corrected chi connectivity index (χ1v) is 10.6. The molecule has 0 unspecified atom stereocenters. The van der Waals surface area contributed by atoms with Gasteiger partial charge in [-0.3, -0.25) is 9.59 Å². The first-order valence-electron chi connectivity index (χ1n) is 10.6. The second kappa shape index (κ2) is 7.56. The van der Waals surface area contributed by atoms with Gasteiger partial charge in [0.15, 0.2) is 5.78 Å². The fourth-order valence-electron chi connectivity index (χ4n) is 5.30. The smallest absolute Gasteiger partial charge is 0.310 e. The zero-order valence-electron chi connectivity index (χ0n) is 17.0.